The summed E-state index contributed by atoms with van der Waals surface area (Å²) in [6, 6.07) is 8.26. The number of rotatable bonds is 7. The van der Waals surface area contributed by atoms with Crippen LogP contribution in [0, 0.1) is 0 Å². The summed E-state index contributed by atoms with van der Waals surface area (Å²) in [5, 5.41) is 6.12. The average molecular weight is 359 g/mol. The maximum absolute atomic E-state index is 12.6. The topological polar surface area (TPSA) is 54.5 Å². The van der Waals surface area contributed by atoms with Crippen LogP contribution in [0.1, 0.15) is 25.5 Å². The fraction of sp³-hybridized carbons (Fsp3) is 0.474. The molecule has 2 aromatic rings. The number of nitrogens with zero attached hydrogens (tertiary/aromatic N) is 2. The average Bonchev–Trinajstić information content (AvgIpc) is 3.26. The van der Waals surface area contributed by atoms with E-state index in [1.54, 1.807) is 11.3 Å². The monoisotopic (exact) mass is 359 g/mol. The van der Waals surface area contributed by atoms with Gasteiger partial charge >= 0.3 is 0 Å². The van der Waals surface area contributed by atoms with Crippen LogP contribution in [0.5, 0.6) is 5.75 Å². The van der Waals surface area contributed by atoms with Crippen LogP contribution in [0.15, 0.2) is 29.6 Å². The van der Waals surface area contributed by atoms with Crippen molar-refractivity contribution < 1.29 is 9.53 Å². The summed E-state index contributed by atoms with van der Waals surface area (Å²) in [5.74, 6) is 1.05. The van der Waals surface area contributed by atoms with Gasteiger partial charge in [-0.15, -0.1) is 11.3 Å². The summed E-state index contributed by atoms with van der Waals surface area (Å²) < 4.78 is 5.47. The quantitative estimate of drug-likeness (QED) is 0.826. The number of ether oxygens (including phenoxy) is 1. The van der Waals surface area contributed by atoms with Crippen molar-refractivity contribution in [2.45, 2.75) is 32.2 Å². The molecule has 134 valence electrons. The molecular formula is C19H25N3O2S. The van der Waals surface area contributed by atoms with Gasteiger partial charge in [-0.25, -0.2) is 4.98 Å². The lowest BCUT2D eigenvalue weighted by atomic mass is 10.2. The van der Waals surface area contributed by atoms with Gasteiger partial charge in [0.1, 0.15) is 10.8 Å². The second kappa shape index (κ2) is 8.45. The highest BCUT2D eigenvalue weighted by Crippen LogP contribution is 2.26. The second-order valence-corrected chi connectivity index (χ2v) is 7.08. The molecule has 1 aliphatic heterocycles. The van der Waals surface area contributed by atoms with E-state index >= 15 is 0 Å². The van der Waals surface area contributed by atoms with Crippen molar-refractivity contribution in [1.82, 2.24) is 15.2 Å². The lowest BCUT2D eigenvalue weighted by Crippen LogP contribution is -2.41. The SMILES string of the molecule is CCOc1ccc(-c2nc(CC(=O)N3CCCC3CNC)cs2)cc1. The van der Waals surface area contributed by atoms with Gasteiger partial charge in [0.25, 0.3) is 0 Å². The predicted octanol–water partition coefficient (Wildman–Crippen LogP) is 2.96. The molecular weight excluding hydrogens is 334 g/mol. The van der Waals surface area contributed by atoms with Crippen LogP contribution in [0.4, 0.5) is 0 Å². The number of aromatic nitrogens is 1. The lowest BCUT2D eigenvalue weighted by molar-refractivity contribution is -0.131. The maximum Gasteiger partial charge on any atom is 0.228 e. The van der Waals surface area contributed by atoms with Crippen molar-refractivity contribution in [3.05, 3.63) is 35.3 Å². The van der Waals surface area contributed by atoms with Crippen molar-refractivity contribution in [3.8, 4) is 16.3 Å². The number of benzene rings is 1. The Morgan fingerprint density at radius 3 is 2.92 bits per heavy atom. The van der Waals surface area contributed by atoms with Crippen LogP contribution < -0.4 is 10.1 Å². The van der Waals surface area contributed by atoms with E-state index in [1.165, 1.54) is 0 Å². The van der Waals surface area contributed by atoms with Crippen LogP contribution in [-0.4, -0.2) is 48.6 Å². The third-order valence-electron chi connectivity index (χ3n) is 4.43. The zero-order chi connectivity index (χ0) is 17.6. The van der Waals surface area contributed by atoms with Gasteiger partial charge in [-0.1, -0.05) is 0 Å². The van der Waals surface area contributed by atoms with Crippen LogP contribution >= 0.6 is 11.3 Å². The van der Waals surface area contributed by atoms with Crippen LogP contribution in [0.3, 0.4) is 0 Å². The van der Waals surface area contributed by atoms with Gasteiger partial charge in [0.15, 0.2) is 0 Å². The Bertz CT molecular complexity index is 699. The highest BCUT2D eigenvalue weighted by Gasteiger charge is 2.28. The van der Waals surface area contributed by atoms with E-state index in [-0.39, 0.29) is 5.91 Å². The number of hydrogen-bond donors (Lipinski definition) is 1. The Hall–Kier alpha value is -1.92. The van der Waals surface area contributed by atoms with Gasteiger partial charge in [-0.3, -0.25) is 4.79 Å². The molecule has 1 N–H and O–H groups in total. The molecule has 0 spiro atoms. The molecule has 0 bridgehead atoms. The Balaban J connectivity index is 1.64. The second-order valence-electron chi connectivity index (χ2n) is 6.22. The lowest BCUT2D eigenvalue weighted by Gasteiger charge is -2.24. The molecule has 0 aliphatic carbocycles. The molecule has 2 heterocycles. The first kappa shape index (κ1) is 17.9. The minimum absolute atomic E-state index is 0.182. The molecule has 1 unspecified atom stereocenters. The number of likely N-dealkylation sites (N-methyl/N-ethyl adjacent to an activating group) is 1. The molecule has 1 fully saturated rings. The van der Waals surface area contributed by atoms with Gasteiger partial charge < -0.3 is 15.0 Å². The largest absolute Gasteiger partial charge is 0.494 e. The maximum atomic E-state index is 12.6. The van der Waals surface area contributed by atoms with E-state index < -0.39 is 0 Å². The Morgan fingerprint density at radius 1 is 1.40 bits per heavy atom. The molecule has 3 rings (SSSR count). The summed E-state index contributed by atoms with van der Waals surface area (Å²) in [4.78, 5) is 19.3. The number of nitrogens with one attached hydrogen (secondary N) is 1. The molecule has 25 heavy (non-hydrogen) atoms. The zero-order valence-corrected chi connectivity index (χ0v) is 15.6. The molecule has 1 aromatic carbocycles. The number of hydrogen-bond acceptors (Lipinski definition) is 5. The van der Waals surface area contributed by atoms with Crippen molar-refractivity contribution in [1.29, 1.82) is 0 Å². The van der Waals surface area contributed by atoms with Crippen molar-refractivity contribution in [3.63, 3.8) is 0 Å². The summed E-state index contributed by atoms with van der Waals surface area (Å²) >= 11 is 1.58. The molecule has 1 atom stereocenters. The molecule has 1 saturated heterocycles. The first-order valence-corrected chi connectivity index (χ1v) is 9.71. The van der Waals surface area contributed by atoms with Crippen LogP contribution in [0.2, 0.25) is 0 Å². The first-order valence-electron chi connectivity index (χ1n) is 8.83. The fourth-order valence-corrected chi connectivity index (χ4v) is 4.08. The van der Waals surface area contributed by atoms with Gasteiger partial charge in [0.05, 0.1) is 18.7 Å². The highest BCUT2D eigenvalue weighted by molar-refractivity contribution is 7.13. The van der Waals surface area contributed by atoms with Gasteiger partial charge in [0.2, 0.25) is 5.91 Å². The number of likely N-dealkylation sites (tertiary alicyclic amines) is 1. The van der Waals surface area contributed by atoms with Crippen LogP contribution in [-0.2, 0) is 11.2 Å². The van der Waals surface area contributed by atoms with Crippen molar-refractivity contribution in [2.75, 3.05) is 26.7 Å². The van der Waals surface area contributed by atoms with Crippen molar-refractivity contribution in [2.24, 2.45) is 0 Å². The highest BCUT2D eigenvalue weighted by atomic mass is 32.1. The third-order valence-corrected chi connectivity index (χ3v) is 5.37. The Morgan fingerprint density at radius 2 is 2.20 bits per heavy atom. The van der Waals surface area contributed by atoms with Gasteiger partial charge in [0, 0.05) is 30.1 Å². The van der Waals surface area contributed by atoms with Crippen LogP contribution in [0.25, 0.3) is 10.6 Å². The van der Waals surface area contributed by atoms with E-state index in [1.807, 2.05) is 48.5 Å². The van der Waals surface area contributed by atoms with E-state index in [0.29, 0.717) is 19.1 Å². The van der Waals surface area contributed by atoms with E-state index in [9.17, 15) is 4.79 Å². The summed E-state index contributed by atoms with van der Waals surface area (Å²) in [5.41, 5.74) is 1.91. The van der Waals surface area contributed by atoms with Gasteiger partial charge in [-0.2, -0.15) is 0 Å². The molecule has 5 nitrogen and oxygen atoms in total. The first-order chi connectivity index (χ1) is 12.2. The van der Waals surface area contributed by atoms with Gasteiger partial charge in [-0.05, 0) is 51.1 Å². The van der Waals surface area contributed by atoms with E-state index in [4.69, 9.17) is 4.74 Å². The normalized spacial score (nSPS) is 17.0. The number of thiazole rings is 1. The molecule has 1 aliphatic rings. The third kappa shape index (κ3) is 4.38. The Kier molecular flexibility index (Phi) is 6.04. The minimum Gasteiger partial charge on any atom is -0.494 e. The number of carbonyl (C=O) groups is 1. The van der Waals surface area contributed by atoms with Crippen molar-refractivity contribution >= 4 is 17.2 Å². The molecule has 0 radical (unpaired) electrons. The zero-order valence-electron chi connectivity index (χ0n) is 14.8. The molecule has 6 heteroatoms. The minimum atomic E-state index is 0.182. The molecule has 1 aromatic heterocycles. The molecule has 1 amide bonds. The molecule has 0 saturated carbocycles. The fourth-order valence-electron chi connectivity index (χ4n) is 3.25. The van der Waals surface area contributed by atoms with E-state index in [2.05, 4.69) is 10.3 Å². The summed E-state index contributed by atoms with van der Waals surface area (Å²) in [6.07, 6.45) is 2.56. The standard InChI is InChI=1S/C19H25N3O2S/c1-3-24-17-8-6-14(7-9-17)19-21-15(13-25-19)11-18(23)22-10-4-5-16(22)12-20-2/h6-9,13,16,20H,3-5,10-12H2,1-2H3. The summed E-state index contributed by atoms with van der Waals surface area (Å²) in [6.45, 7) is 4.36. The number of amides is 1. The summed E-state index contributed by atoms with van der Waals surface area (Å²) in [7, 11) is 1.94. The predicted molar refractivity (Wildman–Crippen MR) is 101 cm³/mol. The van der Waals surface area contributed by atoms with E-state index in [0.717, 1.165) is 47.9 Å². The Labute approximate surface area is 153 Å². The smallest absolute Gasteiger partial charge is 0.228 e. The number of carbonyl (C=O) groups excluding carboxylic acids is 1.